The van der Waals surface area contributed by atoms with Crippen LogP contribution < -0.4 is 4.74 Å². The molecule has 0 saturated carbocycles. The predicted molar refractivity (Wildman–Crippen MR) is 48.1 cm³/mol. The van der Waals surface area contributed by atoms with Gasteiger partial charge in [0.05, 0.1) is 13.7 Å². The highest BCUT2D eigenvalue weighted by Crippen LogP contribution is 2.21. The minimum atomic E-state index is -0.409. The van der Waals surface area contributed by atoms with Gasteiger partial charge in [-0.15, -0.1) is 0 Å². The number of methoxy groups -OCH3 is 1. The average molecular weight is 183 g/mol. The number of halogens is 1. The van der Waals surface area contributed by atoms with Gasteiger partial charge in [0.2, 0.25) is 0 Å². The molecule has 0 aromatic heterocycles. The summed E-state index contributed by atoms with van der Waals surface area (Å²) in [5.74, 6) is 0.545. The van der Waals surface area contributed by atoms with Gasteiger partial charge >= 0.3 is 0 Å². The molecule has 2 nitrogen and oxygen atoms in total. The number of hydrogen-bond donors (Lipinski definition) is 1. The van der Waals surface area contributed by atoms with E-state index in [9.17, 15) is 4.39 Å². The second-order valence-corrected chi connectivity index (χ2v) is 2.79. The van der Waals surface area contributed by atoms with Crippen LogP contribution in [0.1, 0.15) is 12.5 Å². The van der Waals surface area contributed by atoms with Crippen LogP contribution in [0.15, 0.2) is 18.2 Å². The first kappa shape index (κ1) is 9.99. The third-order valence-corrected chi connectivity index (χ3v) is 1.88. The standard InChI is InChI=1S/C10H12FO2/c1-7(6-12)8-3-4-10(13-2)9(11)5-8/h3-5,12H,6H2,1-2H3. The lowest BCUT2D eigenvalue weighted by molar-refractivity contribution is 0.314. The Bertz CT molecular complexity index is 286. The summed E-state index contributed by atoms with van der Waals surface area (Å²) in [5, 5.41) is 8.81. The Morgan fingerprint density at radius 1 is 1.54 bits per heavy atom. The Morgan fingerprint density at radius 2 is 2.23 bits per heavy atom. The van der Waals surface area contributed by atoms with Crippen molar-refractivity contribution in [1.29, 1.82) is 0 Å². The summed E-state index contributed by atoms with van der Waals surface area (Å²) >= 11 is 0. The number of benzene rings is 1. The van der Waals surface area contributed by atoms with Gasteiger partial charge in [0.15, 0.2) is 11.6 Å². The molecule has 0 heterocycles. The minimum Gasteiger partial charge on any atom is -0.494 e. The third-order valence-electron chi connectivity index (χ3n) is 1.88. The van der Waals surface area contributed by atoms with Crippen LogP contribution in [-0.4, -0.2) is 18.8 Å². The van der Waals surface area contributed by atoms with Gasteiger partial charge < -0.3 is 9.84 Å². The van der Waals surface area contributed by atoms with Crippen molar-refractivity contribution in [2.75, 3.05) is 13.7 Å². The number of rotatable bonds is 3. The molecule has 0 saturated heterocycles. The van der Waals surface area contributed by atoms with Crippen LogP contribution in [0.5, 0.6) is 5.75 Å². The fraction of sp³-hybridized carbons (Fsp3) is 0.300. The van der Waals surface area contributed by atoms with Gasteiger partial charge in [-0.3, -0.25) is 0 Å². The van der Waals surface area contributed by atoms with E-state index >= 15 is 0 Å². The second kappa shape index (κ2) is 4.23. The van der Waals surface area contributed by atoms with Gasteiger partial charge in [0.1, 0.15) is 0 Å². The molecule has 1 aromatic carbocycles. The summed E-state index contributed by atoms with van der Waals surface area (Å²) in [6, 6.07) is 4.61. The minimum absolute atomic E-state index is 0.0637. The fourth-order valence-electron chi connectivity index (χ4n) is 1.02. The summed E-state index contributed by atoms with van der Waals surface area (Å²) in [6.45, 7) is 1.69. The maximum Gasteiger partial charge on any atom is 0.165 e. The van der Waals surface area contributed by atoms with Crippen molar-refractivity contribution in [1.82, 2.24) is 0 Å². The predicted octanol–water partition coefficient (Wildman–Crippen LogP) is 1.77. The van der Waals surface area contributed by atoms with E-state index in [1.54, 1.807) is 19.1 Å². The summed E-state index contributed by atoms with van der Waals surface area (Å²) in [6.07, 6.45) is 0. The zero-order valence-electron chi connectivity index (χ0n) is 7.67. The molecule has 0 amide bonds. The van der Waals surface area contributed by atoms with Crippen molar-refractivity contribution >= 4 is 0 Å². The van der Waals surface area contributed by atoms with E-state index < -0.39 is 5.82 Å². The summed E-state index contributed by atoms with van der Waals surface area (Å²) in [4.78, 5) is 0. The van der Waals surface area contributed by atoms with Crippen LogP contribution in [0.4, 0.5) is 4.39 Å². The quantitative estimate of drug-likeness (QED) is 0.773. The van der Waals surface area contributed by atoms with E-state index in [1.807, 2.05) is 0 Å². The molecule has 0 spiro atoms. The summed E-state index contributed by atoms with van der Waals surface area (Å²) in [5.41, 5.74) is 0.695. The zero-order chi connectivity index (χ0) is 9.84. The fourth-order valence-corrected chi connectivity index (χ4v) is 1.02. The molecule has 0 bridgehead atoms. The average Bonchev–Trinajstić information content (AvgIpc) is 2.16. The number of hydrogen-bond acceptors (Lipinski definition) is 2. The van der Waals surface area contributed by atoms with Crippen LogP contribution >= 0.6 is 0 Å². The van der Waals surface area contributed by atoms with Crippen molar-refractivity contribution in [3.63, 3.8) is 0 Å². The first-order chi connectivity index (χ1) is 6.19. The van der Waals surface area contributed by atoms with Crippen molar-refractivity contribution in [3.8, 4) is 5.75 Å². The largest absolute Gasteiger partial charge is 0.494 e. The van der Waals surface area contributed by atoms with Crippen molar-refractivity contribution < 1.29 is 14.2 Å². The molecule has 0 aliphatic rings. The summed E-state index contributed by atoms with van der Waals surface area (Å²) < 4.78 is 17.9. The highest BCUT2D eigenvalue weighted by molar-refractivity contribution is 5.36. The van der Waals surface area contributed by atoms with Crippen molar-refractivity contribution in [3.05, 3.63) is 35.5 Å². The Kier molecular flexibility index (Phi) is 3.25. The zero-order valence-corrected chi connectivity index (χ0v) is 7.67. The molecule has 0 fully saturated rings. The number of aliphatic hydroxyl groups is 1. The Balaban J connectivity index is 2.95. The van der Waals surface area contributed by atoms with Crippen molar-refractivity contribution in [2.45, 2.75) is 6.92 Å². The molecule has 1 rings (SSSR count). The molecule has 0 aliphatic carbocycles. The van der Waals surface area contributed by atoms with E-state index in [4.69, 9.17) is 9.84 Å². The van der Waals surface area contributed by atoms with E-state index in [2.05, 4.69) is 0 Å². The first-order valence-electron chi connectivity index (χ1n) is 3.96. The van der Waals surface area contributed by atoms with Gasteiger partial charge in [-0.1, -0.05) is 13.0 Å². The molecule has 0 aliphatic heterocycles. The van der Waals surface area contributed by atoms with Gasteiger partial charge in [-0.05, 0) is 17.7 Å². The van der Waals surface area contributed by atoms with Gasteiger partial charge in [-0.2, -0.15) is 0 Å². The van der Waals surface area contributed by atoms with Gasteiger partial charge in [0.25, 0.3) is 0 Å². The molecule has 71 valence electrons. The number of ether oxygens (including phenoxy) is 1. The maximum atomic E-state index is 13.1. The lowest BCUT2D eigenvalue weighted by Crippen LogP contribution is -2.01. The maximum absolute atomic E-state index is 13.1. The lowest BCUT2D eigenvalue weighted by atomic mass is 10.0. The molecule has 1 N–H and O–H groups in total. The SMILES string of the molecule is COc1ccc([C](C)CO)cc1F. The first-order valence-corrected chi connectivity index (χ1v) is 3.96. The van der Waals surface area contributed by atoms with Crippen LogP contribution in [0.3, 0.4) is 0 Å². The second-order valence-electron chi connectivity index (χ2n) is 2.79. The molecule has 1 radical (unpaired) electrons. The molecule has 1 aromatic rings. The molecule has 0 unspecified atom stereocenters. The van der Waals surface area contributed by atoms with E-state index in [0.29, 0.717) is 5.56 Å². The van der Waals surface area contributed by atoms with Crippen LogP contribution in [0.25, 0.3) is 0 Å². The van der Waals surface area contributed by atoms with E-state index in [-0.39, 0.29) is 12.4 Å². The normalized spacial score (nSPS) is 10.5. The van der Waals surface area contributed by atoms with Crippen LogP contribution in [0, 0.1) is 11.7 Å². The highest BCUT2D eigenvalue weighted by atomic mass is 19.1. The number of aliphatic hydroxyl groups excluding tert-OH is 1. The molecule has 13 heavy (non-hydrogen) atoms. The third kappa shape index (κ3) is 2.18. The van der Waals surface area contributed by atoms with Gasteiger partial charge in [-0.25, -0.2) is 4.39 Å². The topological polar surface area (TPSA) is 29.5 Å². The Morgan fingerprint density at radius 3 is 2.69 bits per heavy atom. The van der Waals surface area contributed by atoms with E-state index in [0.717, 1.165) is 5.92 Å². The lowest BCUT2D eigenvalue weighted by Gasteiger charge is -2.08. The van der Waals surface area contributed by atoms with Crippen molar-refractivity contribution in [2.24, 2.45) is 0 Å². The molecule has 3 heteroatoms. The highest BCUT2D eigenvalue weighted by Gasteiger charge is 2.08. The Hall–Kier alpha value is -1.09. The summed E-state index contributed by atoms with van der Waals surface area (Å²) in [7, 11) is 1.42. The van der Waals surface area contributed by atoms with Gasteiger partial charge in [0, 0.05) is 5.92 Å². The Labute approximate surface area is 77.0 Å². The molecular formula is C10H12FO2. The van der Waals surface area contributed by atoms with Crippen LogP contribution in [0.2, 0.25) is 0 Å². The molecule has 0 atom stereocenters. The van der Waals surface area contributed by atoms with Crippen LogP contribution in [-0.2, 0) is 0 Å². The smallest absolute Gasteiger partial charge is 0.165 e. The molecular weight excluding hydrogens is 171 g/mol. The monoisotopic (exact) mass is 183 g/mol. The van der Waals surface area contributed by atoms with E-state index in [1.165, 1.54) is 13.2 Å².